The van der Waals surface area contributed by atoms with Gasteiger partial charge in [0.25, 0.3) is 0 Å². The zero-order valence-electron chi connectivity index (χ0n) is 8.73. The predicted molar refractivity (Wildman–Crippen MR) is 63.7 cm³/mol. The molecular weight excluding hydrogens is 210 g/mol. The Morgan fingerprint density at radius 2 is 2.13 bits per heavy atom. The Morgan fingerprint density at radius 3 is 2.80 bits per heavy atom. The number of rotatable bonds is 1. The molecule has 1 aromatic carbocycles. The van der Waals surface area contributed by atoms with Gasteiger partial charge in [0.1, 0.15) is 0 Å². The third-order valence-corrected chi connectivity index (χ3v) is 2.96. The van der Waals surface area contributed by atoms with Gasteiger partial charge in [0.2, 0.25) is 0 Å². The third kappa shape index (κ3) is 1.55. The van der Waals surface area contributed by atoms with Gasteiger partial charge in [0.15, 0.2) is 5.43 Å². The first-order valence-electron chi connectivity index (χ1n) is 4.95. The minimum absolute atomic E-state index is 0.0503. The van der Waals surface area contributed by atoms with E-state index >= 15 is 0 Å². The Morgan fingerprint density at radius 1 is 1.40 bits per heavy atom. The molecule has 1 heterocycles. The number of H-pyrrole nitrogens is 1. The number of pyridine rings is 1. The minimum atomic E-state index is 0.0503. The van der Waals surface area contributed by atoms with E-state index in [4.69, 9.17) is 11.6 Å². The van der Waals surface area contributed by atoms with Crippen LogP contribution >= 0.6 is 11.6 Å². The SMILES string of the molecule is CCc1c(C)[nH]c2cccc(Cl)c2c1=O. The van der Waals surface area contributed by atoms with Crippen LogP contribution in [0.3, 0.4) is 0 Å². The Labute approximate surface area is 92.9 Å². The van der Waals surface area contributed by atoms with E-state index in [1.54, 1.807) is 6.07 Å². The summed E-state index contributed by atoms with van der Waals surface area (Å²) in [5.41, 5.74) is 2.60. The predicted octanol–water partition coefficient (Wildman–Crippen LogP) is 3.05. The monoisotopic (exact) mass is 221 g/mol. The van der Waals surface area contributed by atoms with E-state index in [9.17, 15) is 4.79 Å². The topological polar surface area (TPSA) is 32.9 Å². The van der Waals surface area contributed by atoms with E-state index in [0.29, 0.717) is 10.4 Å². The van der Waals surface area contributed by atoms with Crippen LogP contribution < -0.4 is 5.43 Å². The Hall–Kier alpha value is -1.28. The quantitative estimate of drug-likeness (QED) is 0.789. The molecule has 0 unspecified atom stereocenters. The average Bonchev–Trinajstić information content (AvgIpc) is 2.17. The van der Waals surface area contributed by atoms with Crippen molar-refractivity contribution in [2.24, 2.45) is 0 Å². The number of halogens is 1. The van der Waals surface area contributed by atoms with Crippen molar-refractivity contribution in [2.75, 3.05) is 0 Å². The van der Waals surface area contributed by atoms with Gasteiger partial charge >= 0.3 is 0 Å². The van der Waals surface area contributed by atoms with Crippen molar-refractivity contribution in [1.82, 2.24) is 4.98 Å². The number of fused-ring (bicyclic) bond motifs is 1. The highest BCUT2D eigenvalue weighted by molar-refractivity contribution is 6.35. The van der Waals surface area contributed by atoms with Crippen molar-refractivity contribution >= 4 is 22.5 Å². The summed E-state index contributed by atoms with van der Waals surface area (Å²) in [5.74, 6) is 0. The molecule has 0 saturated heterocycles. The molecular formula is C12H12ClNO. The van der Waals surface area contributed by atoms with E-state index in [2.05, 4.69) is 4.98 Å². The number of hydrogen-bond donors (Lipinski definition) is 1. The molecule has 0 atom stereocenters. The first kappa shape index (κ1) is 10.2. The lowest BCUT2D eigenvalue weighted by Gasteiger charge is -2.06. The normalized spacial score (nSPS) is 10.9. The largest absolute Gasteiger partial charge is 0.358 e. The highest BCUT2D eigenvalue weighted by Crippen LogP contribution is 2.20. The highest BCUT2D eigenvalue weighted by atomic mass is 35.5. The molecule has 0 amide bonds. The standard InChI is InChI=1S/C12H12ClNO/c1-3-8-7(2)14-10-6-4-5-9(13)11(10)12(8)15/h4-6H,3H2,1-2H3,(H,14,15). The summed E-state index contributed by atoms with van der Waals surface area (Å²) >= 11 is 6.02. The Bertz CT molecular complexity index is 572. The van der Waals surface area contributed by atoms with Gasteiger partial charge < -0.3 is 4.98 Å². The first-order valence-corrected chi connectivity index (χ1v) is 5.33. The summed E-state index contributed by atoms with van der Waals surface area (Å²) in [4.78, 5) is 15.3. The van der Waals surface area contributed by atoms with Crippen LogP contribution in [0.2, 0.25) is 5.02 Å². The van der Waals surface area contributed by atoms with E-state index in [1.165, 1.54) is 0 Å². The summed E-state index contributed by atoms with van der Waals surface area (Å²) in [6, 6.07) is 5.45. The molecule has 0 spiro atoms. The fourth-order valence-corrected chi connectivity index (χ4v) is 2.14. The van der Waals surface area contributed by atoms with Gasteiger partial charge in [0.05, 0.1) is 15.9 Å². The van der Waals surface area contributed by atoms with Gasteiger partial charge in [0, 0.05) is 11.3 Å². The van der Waals surface area contributed by atoms with Crippen molar-refractivity contribution in [3.8, 4) is 0 Å². The molecule has 0 aliphatic carbocycles. The van der Waals surface area contributed by atoms with Crippen LogP contribution in [0.4, 0.5) is 0 Å². The zero-order valence-corrected chi connectivity index (χ0v) is 9.48. The van der Waals surface area contributed by atoms with E-state index in [1.807, 2.05) is 26.0 Å². The first-order chi connectivity index (χ1) is 7.15. The van der Waals surface area contributed by atoms with Crippen molar-refractivity contribution in [1.29, 1.82) is 0 Å². The Balaban J connectivity index is 2.99. The summed E-state index contributed by atoms with van der Waals surface area (Å²) in [6.45, 7) is 3.89. The second-order valence-corrected chi connectivity index (χ2v) is 3.98. The van der Waals surface area contributed by atoms with Gasteiger partial charge in [-0.1, -0.05) is 24.6 Å². The number of nitrogens with one attached hydrogen (secondary N) is 1. The minimum Gasteiger partial charge on any atom is -0.358 e. The maximum atomic E-state index is 12.1. The van der Waals surface area contributed by atoms with Crippen molar-refractivity contribution < 1.29 is 0 Å². The molecule has 2 rings (SSSR count). The summed E-state index contributed by atoms with van der Waals surface area (Å²) in [7, 11) is 0. The number of benzene rings is 1. The molecule has 0 fully saturated rings. The van der Waals surface area contributed by atoms with E-state index < -0.39 is 0 Å². The fraction of sp³-hybridized carbons (Fsp3) is 0.250. The molecule has 2 nitrogen and oxygen atoms in total. The molecule has 3 heteroatoms. The van der Waals surface area contributed by atoms with Crippen LogP contribution in [0.5, 0.6) is 0 Å². The van der Waals surface area contributed by atoms with Gasteiger partial charge in [-0.15, -0.1) is 0 Å². The second-order valence-electron chi connectivity index (χ2n) is 3.57. The number of hydrogen-bond acceptors (Lipinski definition) is 1. The molecule has 0 radical (unpaired) electrons. The van der Waals surface area contributed by atoms with Crippen LogP contribution in [0.1, 0.15) is 18.2 Å². The maximum absolute atomic E-state index is 12.1. The van der Waals surface area contributed by atoms with Gasteiger partial charge in [-0.25, -0.2) is 0 Å². The van der Waals surface area contributed by atoms with Crippen LogP contribution in [0.25, 0.3) is 10.9 Å². The van der Waals surface area contributed by atoms with E-state index in [0.717, 1.165) is 23.2 Å². The molecule has 1 N–H and O–H groups in total. The van der Waals surface area contributed by atoms with Crippen molar-refractivity contribution in [3.05, 3.63) is 44.7 Å². The van der Waals surface area contributed by atoms with Gasteiger partial charge in [-0.3, -0.25) is 4.79 Å². The van der Waals surface area contributed by atoms with E-state index in [-0.39, 0.29) is 5.43 Å². The number of aromatic amines is 1. The third-order valence-electron chi connectivity index (χ3n) is 2.64. The lowest BCUT2D eigenvalue weighted by molar-refractivity contribution is 1.05. The summed E-state index contributed by atoms with van der Waals surface area (Å²) in [5, 5.41) is 1.12. The molecule has 15 heavy (non-hydrogen) atoms. The van der Waals surface area contributed by atoms with Crippen LogP contribution in [0, 0.1) is 6.92 Å². The second kappa shape index (κ2) is 3.70. The van der Waals surface area contributed by atoms with Crippen LogP contribution in [-0.4, -0.2) is 4.98 Å². The van der Waals surface area contributed by atoms with Crippen LogP contribution in [-0.2, 0) is 6.42 Å². The van der Waals surface area contributed by atoms with Crippen molar-refractivity contribution in [3.63, 3.8) is 0 Å². The van der Waals surface area contributed by atoms with Crippen molar-refractivity contribution in [2.45, 2.75) is 20.3 Å². The smallest absolute Gasteiger partial charge is 0.194 e. The molecule has 0 saturated carbocycles. The van der Waals surface area contributed by atoms with Gasteiger partial charge in [-0.05, 0) is 25.5 Å². The molecule has 0 aliphatic rings. The maximum Gasteiger partial charge on any atom is 0.194 e. The average molecular weight is 222 g/mol. The Kier molecular flexibility index (Phi) is 2.53. The lowest BCUT2D eigenvalue weighted by atomic mass is 10.1. The zero-order chi connectivity index (χ0) is 11.0. The molecule has 0 aliphatic heterocycles. The molecule has 78 valence electrons. The van der Waals surface area contributed by atoms with Crippen LogP contribution in [0.15, 0.2) is 23.0 Å². The number of aromatic nitrogens is 1. The summed E-state index contributed by atoms with van der Waals surface area (Å²) < 4.78 is 0. The molecule has 1 aromatic heterocycles. The summed E-state index contributed by atoms with van der Waals surface area (Å²) in [6.07, 6.45) is 0.725. The lowest BCUT2D eigenvalue weighted by Crippen LogP contribution is -2.12. The molecule has 0 bridgehead atoms. The van der Waals surface area contributed by atoms with Gasteiger partial charge in [-0.2, -0.15) is 0 Å². The molecule has 2 aromatic rings. The number of aryl methyl sites for hydroxylation is 1. The highest BCUT2D eigenvalue weighted by Gasteiger charge is 2.09. The fourth-order valence-electron chi connectivity index (χ4n) is 1.88.